The van der Waals surface area contributed by atoms with Gasteiger partial charge in [-0.1, -0.05) is 42.5 Å². The molecule has 21 heavy (non-hydrogen) atoms. The van der Waals surface area contributed by atoms with Crippen LogP contribution in [0, 0.1) is 6.92 Å². The van der Waals surface area contributed by atoms with Gasteiger partial charge in [0.1, 0.15) is 11.5 Å². The van der Waals surface area contributed by atoms with E-state index in [1.807, 2.05) is 18.2 Å². The summed E-state index contributed by atoms with van der Waals surface area (Å²) in [6, 6.07) is 18.7. The summed E-state index contributed by atoms with van der Waals surface area (Å²) in [5, 5.41) is 2.17. The predicted octanol–water partition coefficient (Wildman–Crippen LogP) is 4.83. The van der Waals surface area contributed by atoms with Gasteiger partial charge in [-0.2, -0.15) is 0 Å². The van der Waals surface area contributed by atoms with Gasteiger partial charge in [0.05, 0.1) is 19.6 Å². The minimum atomic E-state index is 0.838. The molecule has 0 heterocycles. The molecule has 0 N–H and O–H groups in total. The van der Waals surface area contributed by atoms with E-state index in [9.17, 15) is 0 Å². The molecule has 0 atom stereocenters. The zero-order valence-electron chi connectivity index (χ0n) is 12.5. The Morgan fingerprint density at radius 1 is 0.810 bits per heavy atom. The van der Waals surface area contributed by atoms with Crippen LogP contribution in [0.25, 0.3) is 21.9 Å². The smallest absolute Gasteiger partial charge is 0.133 e. The Labute approximate surface area is 124 Å². The maximum absolute atomic E-state index is 5.61. The van der Waals surface area contributed by atoms with Crippen molar-refractivity contribution < 1.29 is 9.47 Å². The van der Waals surface area contributed by atoms with Crippen molar-refractivity contribution in [1.82, 2.24) is 0 Å². The Kier molecular flexibility index (Phi) is 3.53. The lowest BCUT2D eigenvalue weighted by atomic mass is 9.94. The first kappa shape index (κ1) is 13.5. The topological polar surface area (TPSA) is 18.5 Å². The van der Waals surface area contributed by atoms with Crippen LogP contribution < -0.4 is 9.47 Å². The van der Waals surface area contributed by atoms with Gasteiger partial charge < -0.3 is 9.47 Å². The Balaban J connectivity index is 2.43. The summed E-state index contributed by atoms with van der Waals surface area (Å²) in [5.74, 6) is 1.72. The fraction of sp³-hybridized carbons (Fsp3) is 0.158. The van der Waals surface area contributed by atoms with Crippen molar-refractivity contribution in [2.45, 2.75) is 6.92 Å². The Morgan fingerprint density at radius 3 is 2.24 bits per heavy atom. The first-order chi connectivity index (χ1) is 10.3. The molecule has 0 bridgehead atoms. The number of hydrogen-bond donors (Lipinski definition) is 0. The fourth-order valence-electron chi connectivity index (χ4n) is 2.84. The molecule has 3 aromatic rings. The van der Waals surface area contributed by atoms with Crippen LogP contribution in [-0.2, 0) is 0 Å². The fourth-order valence-corrected chi connectivity index (χ4v) is 2.84. The van der Waals surface area contributed by atoms with Crippen LogP contribution in [0.4, 0.5) is 0 Å². The van der Waals surface area contributed by atoms with Crippen LogP contribution in [0.15, 0.2) is 54.6 Å². The van der Waals surface area contributed by atoms with E-state index in [-0.39, 0.29) is 0 Å². The molecule has 106 valence electrons. The van der Waals surface area contributed by atoms with Crippen LogP contribution in [0.2, 0.25) is 0 Å². The van der Waals surface area contributed by atoms with E-state index >= 15 is 0 Å². The number of aryl methyl sites for hydroxylation is 1. The Morgan fingerprint density at radius 2 is 1.57 bits per heavy atom. The monoisotopic (exact) mass is 278 g/mol. The Bertz CT molecular complexity index is 776. The summed E-state index contributed by atoms with van der Waals surface area (Å²) >= 11 is 0. The molecule has 0 aliphatic carbocycles. The van der Waals surface area contributed by atoms with Gasteiger partial charge in [0, 0.05) is 0 Å². The highest BCUT2D eigenvalue weighted by Gasteiger charge is 2.15. The van der Waals surface area contributed by atoms with Gasteiger partial charge in [-0.05, 0) is 41.1 Å². The molecule has 0 fully saturated rings. The van der Waals surface area contributed by atoms with Gasteiger partial charge >= 0.3 is 0 Å². The van der Waals surface area contributed by atoms with Gasteiger partial charge in [-0.25, -0.2) is 0 Å². The quantitative estimate of drug-likeness (QED) is 0.683. The zero-order valence-corrected chi connectivity index (χ0v) is 12.5. The number of benzene rings is 3. The highest BCUT2D eigenvalue weighted by atomic mass is 16.5. The number of rotatable bonds is 3. The van der Waals surface area contributed by atoms with Crippen LogP contribution >= 0.6 is 0 Å². The van der Waals surface area contributed by atoms with Gasteiger partial charge in [-0.3, -0.25) is 0 Å². The maximum atomic E-state index is 5.61. The van der Waals surface area contributed by atoms with E-state index in [0.29, 0.717) is 0 Å². The Hall–Kier alpha value is -2.48. The predicted molar refractivity (Wildman–Crippen MR) is 87.2 cm³/mol. The third-order valence-corrected chi connectivity index (χ3v) is 3.77. The number of hydrogen-bond acceptors (Lipinski definition) is 2. The molecule has 0 saturated carbocycles. The van der Waals surface area contributed by atoms with Crippen molar-refractivity contribution in [2.75, 3.05) is 14.2 Å². The van der Waals surface area contributed by atoms with Gasteiger partial charge in [-0.15, -0.1) is 0 Å². The average molecular weight is 278 g/mol. The lowest BCUT2D eigenvalue weighted by Crippen LogP contribution is -1.94. The molecule has 3 rings (SSSR count). The van der Waals surface area contributed by atoms with Crippen molar-refractivity contribution in [3.05, 3.63) is 60.2 Å². The zero-order chi connectivity index (χ0) is 14.8. The summed E-state index contributed by atoms with van der Waals surface area (Å²) in [6.45, 7) is 2.07. The third kappa shape index (κ3) is 2.23. The molecule has 0 radical (unpaired) electrons. The van der Waals surface area contributed by atoms with Crippen molar-refractivity contribution in [1.29, 1.82) is 0 Å². The summed E-state index contributed by atoms with van der Waals surface area (Å²) < 4.78 is 11.1. The SMILES string of the molecule is COc1cccc2c(-c3ccccc3)cc(C)c(OC)c12. The van der Waals surface area contributed by atoms with Gasteiger partial charge in [0.25, 0.3) is 0 Å². The van der Waals surface area contributed by atoms with E-state index in [4.69, 9.17) is 9.47 Å². The number of fused-ring (bicyclic) bond motifs is 1. The molecule has 0 saturated heterocycles. The molecule has 0 amide bonds. The summed E-state index contributed by atoms with van der Waals surface area (Å²) in [4.78, 5) is 0. The molecule has 0 unspecified atom stereocenters. The number of methoxy groups -OCH3 is 2. The molecule has 2 heteroatoms. The minimum absolute atomic E-state index is 0.838. The van der Waals surface area contributed by atoms with Crippen LogP contribution in [-0.4, -0.2) is 14.2 Å². The van der Waals surface area contributed by atoms with Crippen molar-refractivity contribution in [3.63, 3.8) is 0 Å². The minimum Gasteiger partial charge on any atom is -0.496 e. The maximum Gasteiger partial charge on any atom is 0.133 e. The van der Waals surface area contributed by atoms with Crippen molar-refractivity contribution in [2.24, 2.45) is 0 Å². The van der Waals surface area contributed by atoms with Crippen LogP contribution in [0.5, 0.6) is 11.5 Å². The molecule has 3 aromatic carbocycles. The second-order valence-corrected chi connectivity index (χ2v) is 5.02. The molecule has 0 spiro atoms. The van der Waals surface area contributed by atoms with E-state index in [0.717, 1.165) is 27.8 Å². The molecule has 0 aromatic heterocycles. The lowest BCUT2D eigenvalue weighted by molar-refractivity contribution is 0.403. The average Bonchev–Trinajstić information content (AvgIpc) is 2.54. The standard InChI is InChI=1S/C19H18O2/c1-13-12-16(14-8-5-4-6-9-14)15-10-7-11-17(20-2)18(15)19(13)21-3/h4-12H,1-3H3. The van der Waals surface area contributed by atoms with Crippen LogP contribution in [0.1, 0.15) is 5.56 Å². The lowest BCUT2D eigenvalue weighted by Gasteiger charge is -2.16. The van der Waals surface area contributed by atoms with E-state index in [1.54, 1.807) is 14.2 Å². The van der Waals surface area contributed by atoms with E-state index in [1.165, 1.54) is 11.1 Å². The first-order valence-electron chi connectivity index (χ1n) is 6.96. The molecule has 2 nitrogen and oxygen atoms in total. The highest BCUT2D eigenvalue weighted by molar-refractivity contribution is 6.04. The molecule has 0 aliphatic heterocycles. The molecular formula is C19H18O2. The first-order valence-corrected chi connectivity index (χ1v) is 6.96. The van der Waals surface area contributed by atoms with Gasteiger partial charge in [0.15, 0.2) is 0 Å². The highest BCUT2D eigenvalue weighted by Crippen LogP contribution is 2.41. The summed E-state index contributed by atoms with van der Waals surface area (Å²) in [7, 11) is 3.40. The second-order valence-electron chi connectivity index (χ2n) is 5.02. The van der Waals surface area contributed by atoms with Crippen molar-refractivity contribution >= 4 is 10.8 Å². The summed E-state index contributed by atoms with van der Waals surface area (Å²) in [5.41, 5.74) is 3.50. The van der Waals surface area contributed by atoms with Crippen molar-refractivity contribution in [3.8, 4) is 22.6 Å². The number of ether oxygens (including phenoxy) is 2. The van der Waals surface area contributed by atoms with Gasteiger partial charge in [0.2, 0.25) is 0 Å². The summed E-state index contributed by atoms with van der Waals surface area (Å²) in [6.07, 6.45) is 0. The third-order valence-electron chi connectivity index (χ3n) is 3.77. The normalized spacial score (nSPS) is 10.6. The van der Waals surface area contributed by atoms with E-state index < -0.39 is 0 Å². The van der Waals surface area contributed by atoms with E-state index in [2.05, 4.69) is 43.3 Å². The molecule has 0 aliphatic rings. The molecular weight excluding hydrogens is 260 g/mol. The van der Waals surface area contributed by atoms with Crippen LogP contribution in [0.3, 0.4) is 0 Å². The largest absolute Gasteiger partial charge is 0.496 e. The second kappa shape index (κ2) is 5.49.